The van der Waals surface area contributed by atoms with Gasteiger partial charge in [0.2, 0.25) is 0 Å². The predicted molar refractivity (Wildman–Crippen MR) is 99.2 cm³/mol. The standard InChI is InChI=1S/C20H21ClO4/c1-4-5-15(17-9-7-14(21)11-19(17)23)12(2)16-8-6-13(10-18(16)22)20(24)25-3/h6-11,15,22-23H,2,4-5H2,1,3H3. The molecular weight excluding hydrogens is 340 g/mol. The van der Waals surface area contributed by atoms with Gasteiger partial charge in [-0.2, -0.15) is 0 Å². The van der Waals surface area contributed by atoms with Crippen LogP contribution in [0.25, 0.3) is 5.57 Å². The van der Waals surface area contributed by atoms with E-state index in [0.29, 0.717) is 21.7 Å². The Morgan fingerprint density at radius 1 is 1.20 bits per heavy atom. The van der Waals surface area contributed by atoms with Gasteiger partial charge < -0.3 is 14.9 Å². The molecule has 4 nitrogen and oxygen atoms in total. The highest BCUT2D eigenvalue weighted by molar-refractivity contribution is 6.30. The Bertz CT molecular complexity index is 798. The molecule has 2 aromatic carbocycles. The van der Waals surface area contributed by atoms with Crippen LogP contribution in [0.1, 0.15) is 47.2 Å². The van der Waals surface area contributed by atoms with Crippen LogP contribution in [0.5, 0.6) is 11.5 Å². The number of ether oxygens (including phenoxy) is 1. The van der Waals surface area contributed by atoms with Crippen LogP contribution in [0.2, 0.25) is 5.02 Å². The molecule has 0 amide bonds. The van der Waals surface area contributed by atoms with E-state index in [1.165, 1.54) is 19.2 Å². The van der Waals surface area contributed by atoms with E-state index in [-0.39, 0.29) is 23.0 Å². The molecule has 0 radical (unpaired) electrons. The zero-order chi connectivity index (χ0) is 18.6. The number of esters is 1. The van der Waals surface area contributed by atoms with Crippen LogP contribution in [-0.4, -0.2) is 23.3 Å². The fourth-order valence-corrected chi connectivity index (χ4v) is 3.02. The van der Waals surface area contributed by atoms with Crippen molar-refractivity contribution in [3.8, 4) is 11.5 Å². The van der Waals surface area contributed by atoms with Gasteiger partial charge >= 0.3 is 5.97 Å². The highest BCUT2D eigenvalue weighted by Gasteiger charge is 2.22. The zero-order valence-electron chi connectivity index (χ0n) is 14.3. The number of hydrogen-bond acceptors (Lipinski definition) is 4. The second kappa shape index (κ2) is 8.08. The highest BCUT2D eigenvalue weighted by atomic mass is 35.5. The molecule has 1 atom stereocenters. The molecule has 2 rings (SSSR count). The lowest BCUT2D eigenvalue weighted by molar-refractivity contribution is 0.0600. The van der Waals surface area contributed by atoms with E-state index in [9.17, 15) is 15.0 Å². The van der Waals surface area contributed by atoms with Crippen molar-refractivity contribution in [3.05, 3.63) is 64.7 Å². The van der Waals surface area contributed by atoms with Crippen molar-refractivity contribution >= 4 is 23.1 Å². The average Bonchev–Trinajstić information content (AvgIpc) is 2.59. The van der Waals surface area contributed by atoms with Crippen LogP contribution in [0.3, 0.4) is 0 Å². The third-order valence-corrected chi connectivity index (χ3v) is 4.37. The van der Waals surface area contributed by atoms with Crippen molar-refractivity contribution in [2.24, 2.45) is 0 Å². The monoisotopic (exact) mass is 360 g/mol. The van der Waals surface area contributed by atoms with Gasteiger partial charge in [-0.05, 0) is 36.3 Å². The summed E-state index contributed by atoms with van der Waals surface area (Å²) in [5.41, 5.74) is 2.15. The fraction of sp³-hybridized carbons (Fsp3) is 0.250. The Labute approximate surface area is 152 Å². The van der Waals surface area contributed by atoms with Crippen LogP contribution in [0, 0.1) is 0 Å². The number of halogens is 1. The fourth-order valence-electron chi connectivity index (χ4n) is 2.85. The molecule has 0 aliphatic rings. The molecule has 0 aliphatic heterocycles. The number of phenols is 2. The minimum absolute atomic E-state index is 0.0533. The van der Waals surface area contributed by atoms with E-state index in [1.807, 2.05) is 6.92 Å². The number of methoxy groups -OCH3 is 1. The summed E-state index contributed by atoms with van der Waals surface area (Å²) in [5.74, 6) is -0.662. The van der Waals surface area contributed by atoms with Crippen LogP contribution in [-0.2, 0) is 4.74 Å². The number of hydrogen-bond donors (Lipinski definition) is 2. The number of phenolic OH excluding ortho intramolecular Hbond substituents is 2. The summed E-state index contributed by atoms with van der Waals surface area (Å²) in [4.78, 5) is 11.6. The van der Waals surface area contributed by atoms with E-state index in [1.54, 1.807) is 24.3 Å². The number of carbonyl (C=O) groups excluding carboxylic acids is 1. The van der Waals surface area contributed by atoms with Crippen molar-refractivity contribution in [3.63, 3.8) is 0 Å². The third kappa shape index (κ3) is 4.15. The molecular formula is C20H21ClO4. The van der Waals surface area contributed by atoms with Gasteiger partial charge in [0.05, 0.1) is 12.7 Å². The molecule has 1 unspecified atom stereocenters. The maximum absolute atomic E-state index is 11.6. The van der Waals surface area contributed by atoms with Gasteiger partial charge in [0.25, 0.3) is 0 Å². The molecule has 0 saturated heterocycles. The van der Waals surface area contributed by atoms with Crippen molar-refractivity contribution in [2.75, 3.05) is 7.11 Å². The van der Waals surface area contributed by atoms with Gasteiger partial charge in [-0.25, -0.2) is 4.79 Å². The summed E-state index contributed by atoms with van der Waals surface area (Å²) in [6.45, 7) is 6.15. The van der Waals surface area contributed by atoms with Gasteiger partial charge in [0.15, 0.2) is 0 Å². The molecule has 2 aromatic rings. The number of aromatic hydroxyl groups is 2. The molecule has 0 aromatic heterocycles. The molecule has 0 saturated carbocycles. The molecule has 25 heavy (non-hydrogen) atoms. The summed E-state index contributed by atoms with van der Waals surface area (Å²) in [5, 5.41) is 21.0. The molecule has 0 heterocycles. The second-order valence-electron chi connectivity index (χ2n) is 5.79. The van der Waals surface area contributed by atoms with E-state index in [4.69, 9.17) is 11.6 Å². The SMILES string of the molecule is C=C(c1ccc(C(=O)OC)cc1O)C(CCC)c1ccc(Cl)cc1O. The normalized spacial score (nSPS) is 11.8. The Kier molecular flexibility index (Phi) is 6.10. The first-order valence-electron chi connectivity index (χ1n) is 7.98. The summed E-state index contributed by atoms with van der Waals surface area (Å²) >= 11 is 5.92. The Hall–Kier alpha value is -2.46. The molecule has 132 valence electrons. The van der Waals surface area contributed by atoms with Gasteiger partial charge in [-0.3, -0.25) is 0 Å². The van der Waals surface area contributed by atoms with Gasteiger partial charge in [-0.1, -0.05) is 43.7 Å². The molecule has 0 aliphatic carbocycles. The van der Waals surface area contributed by atoms with Crippen LogP contribution >= 0.6 is 11.6 Å². The Morgan fingerprint density at radius 2 is 1.92 bits per heavy atom. The van der Waals surface area contributed by atoms with Gasteiger partial charge in [0, 0.05) is 22.1 Å². The third-order valence-electron chi connectivity index (χ3n) is 4.13. The molecule has 0 spiro atoms. The van der Waals surface area contributed by atoms with E-state index >= 15 is 0 Å². The lowest BCUT2D eigenvalue weighted by atomic mass is 9.83. The van der Waals surface area contributed by atoms with E-state index in [2.05, 4.69) is 11.3 Å². The topological polar surface area (TPSA) is 66.8 Å². The maximum atomic E-state index is 11.6. The van der Waals surface area contributed by atoms with Crippen LogP contribution in [0.4, 0.5) is 0 Å². The predicted octanol–water partition coefficient (Wildman–Crippen LogP) is 5.13. The van der Waals surface area contributed by atoms with E-state index < -0.39 is 5.97 Å². The average molecular weight is 361 g/mol. The second-order valence-corrected chi connectivity index (χ2v) is 6.23. The van der Waals surface area contributed by atoms with Crippen molar-refractivity contribution < 1.29 is 19.7 Å². The van der Waals surface area contributed by atoms with E-state index in [0.717, 1.165) is 12.8 Å². The lowest BCUT2D eigenvalue weighted by Crippen LogP contribution is -2.04. The largest absolute Gasteiger partial charge is 0.508 e. The summed E-state index contributed by atoms with van der Waals surface area (Å²) in [7, 11) is 1.28. The number of allylic oxidation sites excluding steroid dienone is 1. The van der Waals surface area contributed by atoms with Crippen molar-refractivity contribution in [2.45, 2.75) is 25.7 Å². The van der Waals surface area contributed by atoms with Crippen LogP contribution < -0.4 is 0 Å². The number of rotatable bonds is 6. The number of benzene rings is 2. The van der Waals surface area contributed by atoms with Crippen molar-refractivity contribution in [1.29, 1.82) is 0 Å². The van der Waals surface area contributed by atoms with Crippen molar-refractivity contribution in [1.82, 2.24) is 0 Å². The zero-order valence-corrected chi connectivity index (χ0v) is 15.0. The quantitative estimate of drug-likeness (QED) is 0.700. The summed E-state index contributed by atoms with van der Waals surface area (Å²) < 4.78 is 4.66. The Morgan fingerprint density at radius 3 is 2.48 bits per heavy atom. The smallest absolute Gasteiger partial charge is 0.337 e. The van der Waals surface area contributed by atoms with Crippen LogP contribution in [0.15, 0.2) is 43.0 Å². The number of carbonyl (C=O) groups is 1. The lowest BCUT2D eigenvalue weighted by Gasteiger charge is -2.22. The Balaban J connectivity index is 2.42. The van der Waals surface area contributed by atoms with Gasteiger partial charge in [-0.15, -0.1) is 0 Å². The molecule has 5 heteroatoms. The molecule has 0 fully saturated rings. The first-order valence-corrected chi connectivity index (χ1v) is 8.35. The minimum atomic E-state index is -0.520. The first kappa shape index (κ1) is 18.9. The molecule has 2 N–H and O–H groups in total. The molecule has 0 bridgehead atoms. The summed E-state index contributed by atoms with van der Waals surface area (Å²) in [6, 6.07) is 9.55. The minimum Gasteiger partial charge on any atom is -0.508 e. The first-order chi connectivity index (χ1) is 11.9. The maximum Gasteiger partial charge on any atom is 0.337 e. The highest BCUT2D eigenvalue weighted by Crippen LogP contribution is 2.42. The summed E-state index contributed by atoms with van der Waals surface area (Å²) in [6.07, 6.45) is 1.61. The van der Waals surface area contributed by atoms with Gasteiger partial charge in [0.1, 0.15) is 11.5 Å².